The van der Waals surface area contributed by atoms with E-state index in [4.69, 9.17) is 14.2 Å². The Kier molecular flexibility index (Phi) is 10.5. The largest absolute Gasteiger partial charge is 0.494 e. The lowest BCUT2D eigenvalue weighted by atomic mass is 9.84. The lowest BCUT2D eigenvalue weighted by molar-refractivity contribution is -0.143. The van der Waals surface area contributed by atoms with E-state index < -0.39 is 23.8 Å². The first-order valence-corrected chi connectivity index (χ1v) is 17.4. The number of rotatable bonds is 14. The number of carbonyl (C=O) groups excluding carboxylic acids is 1. The van der Waals surface area contributed by atoms with Gasteiger partial charge in [0.1, 0.15) is 5.82 Å². The van der Waals surface area contributed by atoms with E-state index >= 15 is 0 Å². The van der Waals surface area contributed by atoms with E-state index in [9.17, 15) is 24.2 Å². The van der Waals surface area contributed by atoms with Gasteiger partial charge in [-0.25, -0.2) is 4.39 Å². The van der Waals surface area contributed by atoms with Crippen molar-refractivity contribution < 1.29 is 38.4 Å². The first-order valence-electron chi connectivity index (χ1n) is 17.4. The number of fused-ring (bicyclic) bond motifs is 2. The number of anilines is 1. The van der Waals surface area contributed by atoms with Crippen LogP contribution in [0.5, 0.6) is 23.1 Å². The van der Waals surface area contributed by atoms with Gasteiger partial charge in [0.15, 0.2) is 17.4 Å². The van der Waals surface area contributed by atoms with Crippen LogP contribution < -0.4 is 19.1 Å². The highest BCUT2D eigenvalue weighted by Gasteiger charge is 2.48. The number of methoxy groups -OCH3 is 1. The average molecular weight is 688 g/mol. The first kappa shape index (κ1) is 35.1. The van der Waals surface area contributed by atoms with Crippen molar-refractivity contribution in [3.05, 3.63) is 77.7 Å². The summed E-state index contributed by atoms with van der Waals surface area (Å²) in [5.41, 5.74) is 1.80. The Morgan fingerprint density at radius 1 is 1.08 bits per heavy atom. The molecular formula is C39H46FN3O7. The van der Waals surface area contributed by atoms with Crippen LogP contribution in [0.1, 0.15) is 63.0 Å². The maximum Gasteiger partial charge on any atom is 0.308 e. The molecule has 6 rings (SSSR count). The summed E-state index contributed by atoms with van der Waals surface area (Å²) in [4.78, 5) is 31.6. The zero-order valence-corrected chi connectivity index (χ0v) is 29.1. The van der Waals surface area contributed by atoms with Crippen LogP contribution in [0.4, 0.5) is 10.1 Å². The second-order valence-corrected chi connectivity index (χ2v) is 13.4. The van der Waals surface area contributed by atoms with Crippen LogP contribution in [-0.2, 0) is 16.1 Å². The van der Waals surface area contributed by atoms with Gasteiger partial charge in [0, 0.05) is 53.7 Å². The molecule has 0 bridgehead atoms. The molecule has 3 heterocycles. The predicted molar refractivity (Wildman–Crippen MR) is 189 cm³/mol. The molecule has 3 aromatic carbocycles. The Morgan fingerprint density at radius 3 is 2.52 bits per heavy atom. The second-order valence-electron chi connectivity index (χ2n) is 13.4. The standard InChI is InChI=1S/C39H46FN3O7/c1-5-9-27(10-6-2)43(28-13-14-31(40)24(3)17-28)35(44)22-42-21-30(26-18-33(48-4)37-34(19-26)49-23-50-37)36(39(46)47)32(42)15-16-41-20-25-11-7-8-12-29(25)38(41)45/h7-8,11-14,17-20,27,30,32,36,45H,5-6,9-10,15-16,21-23H2,1-4H3,(H,46,47)/t30-,32+,36?/m1/s1. The number of hydrogen-bond acceptors (Lipinski definition) is 7. The van der Waals surface area contributed by atoms with E-state index in [1.165, 1.54) is 13.2 Å². The lowest BCUT2D eigenvalue weighted by Gasteiger charge is -2.35. The van der Waals surface area contributed by atoms with E-state index in [-0.39, 0.29) is 43.5 Å². The quantitative estimate of drug-likeness (QED) is 0.145. The number of halogens is 1. The fourth-order valence-corrected chi connectivity index (χ4v) is 7.85. The Morgan fingerprint density at radius 2 is 1.84 bits per heavy atom. The Labute approximate surface area is 292 Å². The number of amides is 1. The molecule has 2 aliphatic heterocycles. The van der Waals surface area contributed by atoms with E-state index in [0.29, 0.717) is 52.4 Å². The van der Waals surface area contributed by atoms with Gasteiger partial charge in [-0.05, 0) is 73.7 Å². The predicted octanol–water partition coefficient (Wildman–Crippen LogP) is 7.09. The SMILES string of the molecule is CCCC(CCC)N(C(=O)CN1C[C@H](c2cc(OC)c3c(c2)OCO3)C(C(=O)O)[C@@H]1CCn1cc2ccccc2c1O)c1ccc(F)c(C)c1. The summed E-state index contributed by atoms with van der Waals surface area (Å²) in [6.07, 6.45) is 5.51. The number of aryl methyl sites for hydroxylation is 2. The van der Waals surface area contributed by atoms with Crippen LogP contribution in [0, 0.1) is 18.7 Å². The summed E-state index contributed by atoms with van der Waals surface area (Å²) in [5.74, 6) is -1.35. The van der Waals surface area contributed by atoms with Gasteiger partial charge in [-0.15, -0.1) is 0 Å². The van der Waals surface area contributed by atoms with Gasteiger partial charge in [0.05, 0.1) is 19.6 Å². The maximum atomic E-state index is 14.6. The van der Waals surface area contributed by atoms with Crippen molar-refractivity contribution in [2.24, 2.45) is 5.92 Å². The van der Waals surface area contributed by atoms with Crippen LogP contribution in [-0.4, -0.2) is 70.6 Å². The molecule has 50 heavy (non-hydrogen) atoms. The first-order chi connectivity index (χ1) is 24.1. The number of nitrogens with zero attached hydrogens (tertiary/aromatic N) is 3. The highest BCUT2D eigenvalue weighted by atomic mass is 19.1. The van der Waals surface area contributed by atoms with Crippen molar-refractivity contribution in [3.8, 4) is 23.1 Å². The average Bonchev–Trinajstić information content (AvgIpc) is 3.81. The number of aliphatic carboxylic acids is 1. The highest BCUT2D eigenvalue weighted by Crippen LogP contribution is 2.47. The van der Waals surface area contributed by atoms with E-state index in [2.05, 4.69) is 13.8 Å². The molecule has 0 radical (unpaired) electrons. The minimum atomic E-state index is -0.977. The Balaban J connectivity index is 1.38. The zero-order chi connectivity index (χ0) is 35.5. The number of benzene rings is 3. The molecule has 0 spiro atoms. The zero-order valence-electron chi connectivity index (χ0n) is 29.1. The van der Waals surface area contributed by atoms with Gasteiger partial charge < -0.3 is 33.9 Å². The molecule has 1 saturated heterocycles. The fraction of sp³-hybridized carbons (Fsp3) is 0.436. The van der Waals surface area contributed by atoms with E-state index in [1.54, 1.807) is 34.6 Å². The lowest BCUT2D eigenvalue weighted by Crippen LogP contribution is -2.48. The van der Waals surface area contributed by atoms with Crippen molar-refractivity contribution >= 4 is 28.3 Å². The van der Waals surface area contributed by atoms with Crippen molar-refractivity contribution in [1.29, 1.82) is 0 Å². The van der Waals surface area contributed by atoms with Crippen LogP contribution >= 0.6 is 0 Å². The number of ether oxygens (including phenoxy) is 3. The maximum absolute atomic E-state index is 14.6. The van der Waals surface area contributed by atoms with Gasteiger partial charge in [0.2, 0.25) is 18.4 Å². The summed E-state index contributed by atoms with van der Waals surface area (Å²) < 4.78 is 33.0. The van der Waals surface area contributed by atoms with Gasteiger partial charge in [0.25, 0.3) is 0 Å². The molecule has 11 heteroatoms. The molecule has 2 aliphatic rings. The number of aromatic nitrogens is 1. The van der Waals surface area contributed by atoms with Gasteiger partial charge in [-0.1, -0.05) is 44.9 Å². The number of likely N-dealkylation sites (tertiary alicyclic amines) is 1. The summed E-state index contributed by atoms with van der Waals surface area (Å²) >= 11 is 0. The van der Waals surface area contributed by atoms with Crippen molar-refractivity contribution in [2.45, 2.75) is 77.4 Å². The summed E-state index contributed by atoms with van der Waals surface area (Å²) in [7, 11) is 1.53. The van der Waals surface area contributed by atoms with Crippen molar-refractivity contribution in [3.63, 3.8) is 0 Å². The molecule has 10 nitrogen and oxygen atoms in total. The smallest absolute Gasteiger partial charge is 0.308 e. The van der Waals surface area contributed by atoms with Gasteiger partial charge in [-0.2, -0.15) is 0 Å². The molecule has 2 N–H and O–H groups in total. The summed E-state index contributed by atoms with van der Waals surface area (Å²) in [5, 5.41) is 23.5. The molecule has 266 valence electrons. The molecule has 1 aromatic heterocycles. The third kappa shape index (κ3) is 6.83. The topological polar surface area (TPSA) is 114 Å². The molecule has 1 unspecified atom stereocenters. The minimum absolute atomic E-state index is 0.0351. The Hall–Kier alpha value is -4.77. The molecule has 1 fully saturated rings. The third-order valence-electron chi connectivity index (χ3n) is 10.2. The van der Waals surface area contributed by atoms with Crippen LogP contribution in [0.2, 0.25) is 0 Å². The third-order valence-corrected chi connectivity index (χ3v) is 10.2. The van der Waals surface area contributed by atoms with Gasteiger partial charge >= 0.3 is 5.97 Å². The number of aromatic hydroxyl groups is 1. The van der Waals surface area contributed by atoms with Crippen molar-refractivity contribution in [1.82, 2.24) is 9.47 Å². The fourth-order valence-electron chi connectivity index (χ4n) is 7.85. The summed E-state index contributed by atoms with van der Waals surface area (Å²) in [6.45, 7) is 6.49. The number of carboxylic acids is 1. The summed E-state index contributed by atoms with van der Waals surface area (Å²) in [6, 6.07) is 15.2. The Bertz CT molecular complexity index is 1850. The monoisotopic (exact) mass is 687 g/mol. The highest BCUT2D eigenvalue weighted by molar-refractivity contribution is 5.95. The van der Waals surface area contributed by atoms with E-state index in [1.807, 2.05) is 41.4 Å². The number of carboxylic acid groups (broad SMARTS) is 1. The molecule has 0 saturated carbocycles. The van der Waals surface area contributed by atoms with Crippen LogP contribution in [0.15, 0.2) is 60.8 Å². The normalized spacial score (nSPS) is 18.6. The molecule has 0 aliphatic carbocycles. The second kappa shape index (κ2) is 15.0. The molecule has 3 atom stereocenters. The van der Waals surface area contributed by atoms with Crippen LogP contribution in [0.25, 0.3) is 10.8 Å². The van der Waals surface area contributed by atoms with Gasteiger partial charge in [-0.3, -0.25) is 14.5 Å². The molecule has 4 aromatic rings. The number of hydrogen-bond donors (Lipinski definition) is 2. The van der Waals surface area contributed by atoms with E-state index in [0.717, 1.165) is 31.1 Å². The molecular weight excluding hydrogens is 641 g/mol. The van der Waals surface area contributed by atoms with Crippen LogP contribution in [0.3, 0.4) is 0 Å². The number of carbonyl (C=O) groups is 2. The van der Waals surface area contributed by atoms with Crippen molar-refractivity contribution in [2.75, 3.05) is 31.9 Å². The minimum Gasteiger partial charge on any atom is -0.494 e. The molecule has 1 amide bonds.